The van der Waals surface area contributed by atoms with Crippen LogP contribution < -0.4 is 5.73 Å². The smallest absolute Gasteiger partial charge is 0.248 e. The zero-order valence-corrected chi connectivity index (χ0v) is 19.6. The summed E-state index contributed by atoms with van der Waals surface area (Å²) in [5.74, 6) is 1.37. The van der Waals surface area contributed by atoms with Crippen LogP contribution in [0.15, 0.2) is 36.9 Å². The number of hydrogen-bond donors (Lipinski definition) is 3. The zero-order chi connectivity index (χ0) is 24.1. The first kappa shape index (κ1) is 21.7. The number of nitrogens with two attached hydrogens (primary N) is 1. The number of amides is 1. The highest BCUT2D eigenvalue weighted by atomic mass is 16.3. The molecule has 2 bridgehead atoms. The van der Waals surface area contributed by atoms with Gasteiger partial charge in [-0.1, -0.05) is 13.0 Å². The van der Waals surface area contributed by atoms with Crippen LogP contribution in [-0.2, 0) is 11.2 Å². The van der Waals surface area contributed by atoms with Crippen molar-refractivity contribution in [2.45, 2.75) is 57.0 Å². The number of rotatable bonds is 5. The molecule has 10 nitrogen and oxygen atoms in total. The number of aromatic nitrogens is 6. The third-order valence-corrected chi connectivity index (χ3v) is 7.53. The number of nitrogen functional groups attached to an aromatic ring is 1. The summed E-state index contributed by atoms with van der Waals surface area (Å²) in [6.45, 7) is 1.66. The maximum absolute atomic E-state index is 12.3. The van der Waals surface area contributed by atoms with Crippen LogP contribution in [0.2, 0.25) is 0 Å². The number of anilines is 1. The molecule has 0 unspecified atom stereocenters. The monoisotopic (exact) mass is 472 g/mol. The Hall–Kier alpha value is -3.79. The summed E-state index contributed by atoms with van der Waals surface area (Å²) in [6, 6.07) is 4.20. The summed E-state index contributed by atoms with van der Waals surface area (Å²) in [6.07, 6.45) is 11.4. The van der Waals surface area contributed by atoms with Crippen LogP contribution in [-0.4, -0.2) is 64.2 Å². The Labute approximate surface area is 202 Å². The van der Waals surface area contributed by atoms with Gasteiger partial charge in [-0.2, -0.15) is 9.61 Å². The lowest BCUT2D eigenvalue weighted by Gasteiger charge is -2.39. The molecule has 0 aromatic carbocycles. The number of piperidine rings is 1. The molecule has 4 aromatic heterocycles. The van der Waals surface area contributed by atoms with Crippen molar-refractivity contribution >= 4 is 17.4 Å². The van der Waals surface area contributed by atoms with Crippen LogP contribution in [0.3, 0.4) is 0 Å². The van der Waals surface area contributed by atoms with Crippen molar-refractivity contribution in [2.24, 2.45) is 0 Å². The minimum Gasteiger partial charge on any atom is -0.387 e. The highest BCUT2D eigenvalue weighted by Gasteiger charge is 2.44. The summed E-state index contributed by atoms with van der Waals surface area (Å²) >= 11 is 0. The Kier molecular flexibility index (Phi) is 5.25. The van der Waals surface area contributed by atoms with E-state index in [1.54, 1.807) is 29.3 Å². The summed E-state index contributed by atoms with van der Waals surface area (Å²) in [4.78, 5) is 31.3. The van der Waals surface area contributed by atoms with Crippen LogP contribution >= 0.6 is 0 Å². The van der Waals surface area contributed by atoms with Crippen molar-refractivity contribution < 1.29 is 9.90 Å². The third-order valence-electron chi connectivity index (χ3n) is 7.53. The van der Waals surface area contributed by atoms with Gasteiger partial charge in [0.1, 0.15) is 18.1 Å². The molecule has 10 heteroatoms. The number of imidazole rings is 1. The molecule has 0 radical (unpaired) electrons. The summed E-state index contributed by atoms with van der Waals surface area (Å²) < 4.78 is 1.72. The van der Waals surface area contributed by atoms with Crippen LogP contribution in [0.1, 0.15) is 49.8 Å². The SMILES string of the molecule is CCc1c([C@H]2C[C@H]3CC[C@@H](C2)N3C(=O)CO)nc2c(-c3ccc(-c4ncc[nH]4)nc3)cnn2c1N. The lowest BCUT2D eigenvalue weighted by atomic mass is 9.85. The van der Waals surface area contributed by atoms with E-state index in [2.05, 4.69) is 27.0 Å². The summed E-state index contributed by atoms with van der Waals surface area (Å²) in [7, 11) is 0. The largest absolute Gasteiger partial charge is 0.387 e. The van der Waals surface area contributed by atoms with Crippen molar-refractivity contribution in [1.29, 1.82) is 0 Å². The fourth-order valence-corrected chi connectivity index (χ4v) is 5.96. The van der Waals surface area contributed by atoms with Crippen LogP contribution in [0, 0.1) is 0 Å². The van der Waals surface area contributed by atoms with Gasteiger partial charge in [0.25, 0.3) is 0 Å². The number of fused-ring (bicyclic) bond motifs is 3. The molecule has 35 heavy (non-hydrogen) atoms. The van der Waals surface area contributed by atoms with Gasteiger partial charge in [0.05, 0.1) is 11.9 Å². The van der Waals surface area contributed by atoms with E-state index < -0.39 is 6.61 Å². The fourth-order valence-electron chi connectivity index (χ4n) is 5.96. The maximum Gasteiger partial charge on any atom is 0.248 e. The number of pyridine rings is 1. The Bertz CT molecular complexity index is 1360. The second-order valence-electron chi connectivity index (χ2n) is 9.39. The Morgan fingerprint density at radius 1 is 1.20 bits per heavy atom. The molecule has 2 fully saturated rings. The van der Waals surface area contributed by atoms with Crippen molar-refractivity contribution in [3.05, 3.63) is 48.2 Å². The van der Waals surface area contributed by atoms with E-state index in [0.717, 1.165) is 60.2 Å². The van der Waals surface area contributed by atoms with Crippen LogP contribution in [0.25, 0.3) is 28.3 Å². The number of hydrogen-bond acceptors (Lipinski definition) is 7. The van der Waals surface area contributed by atoms with Crippen molar-refractivity contribution in [3.8, 4) is 22.6 Å². The Morgan fingerprint density at radius 2 is 2.00 bits per heavy atom. The zero-order valence-electron chi connectivity index (χ0n) is 19.6. The number of aliphatic hydroxyl groups excluding tert-OH is 1. The van der Waals surface area contributed by atoms with E-state index in [9.17, 15) is 9.90 Å². The van der Waals surface area contributed by atoms with Gasteiger partial charge in [0.2, 0.25) is 5.91 Å². The lowest BCUT2D eigenvalue weighted by molar-refractivity contribution is -0.138. The molecule has 3 atom stereocenters. The molecule has 2 saturated heterocycles. The quantitative estimate of drug-likeness (QED) is 0.406. The van der Waals surface area contributed by atoms with Gasteiger partial charge in [-0.25, -0.2) is 9.97 Å². The average molecular weight is 473 g/mol. The first-order chi connectivity index (χ1) is 17.1. The number of carbonyl (C=O) groups is 1. The van der Waals surface area contributed by atoms with Gasteiger partial charge in [0.15, 0.2) is 11.5 Å². The summed E-state index contributed by atoms with van der Waals surface area (Å²) in [5.41, 5.74) is 11.9. The topological polar surface area (TPSA) is 138 Å². The number of carbonyl (C=O) groups excluding carboxylic acids is 1. The van der Waals surface area contributed by atoms with Crippen molar-refractivity contribution in [3.63, 3.8) is 0 Å². The van der Waals surface area contributed by atoms with E-state index in [-0.39, 0.29) is 23.9 Å². The number of aromatic amines is 1. The molecule has 180 valence electrons. The second kappa shape index (κ2) is 8.46. The number of nitrogens with one attached hydrogen (secondary N) is 1. The van der Waals surface area contributed by atoms with E-state index >= 15 is 0 Å². The minimum absolute atomic E-state index is 0.144. The molecular formula is C25H28N8O2. The highest BCUT2D eigenvalue weighted by molar-refractivity contribution is 5.79. The molecule has 0 aliphatic carbocycles. The lowest BCUT2D eigenvalue weighted by Crippen LogP contribution is -2.47. The molecule has 6 heterocycles. The van der Waals surface area contributed by atoms with E-state index in [1.165, 1.54) is 0 Å². The van der Waals surface area contributed by atoms with Crippen LogP contribution in [0.4, 0.5) is 5.82 Å². The predicted octanol–water partition coefficient (Wildman–Crippen LogP) is 2.56. The number of aliphatic hydroxyl groups is 1. The molecule has 4 N–H and O–H groups in total. The van der Waals surface area contributed by atoms with Gasteiger partial charge in [-0.3, -0.25) is 9.78 Å². The van der Waals surface area contributed by atoms with E-state index in [0.29, 0.717) is 17.3 Å². The van der Waals surface area contributed by atoms with Gasteiger partial charge in [-0.05, 0) is 38.2 Å². The molecule has 2 aliphatic heterocycles. The molecule has 2 aliphatic rings. The first-order valence-corrected chi connectivity index (χ1v) is 12.1. The standard InChI is InChI=1S/C25H28N8O2/c1-2-18-22(15-9-16-4-5-17(10-15)32(16)21(35)13-34)31-25-19(12-30-33(25)23(18)26)14-3-6-20(29-11-14)24-27-7-8-28-24/h3,6-8,11-12,15-17,34H,2,4-5,9-10,13,26H2,1H3,(H,27,28)/t15-,16+,17-. The van der Waals surface area contributed by atoms with Crippen molar-refractivity contribution in [2.75, 3.05) is 12.3 Å². The van der Waals surface area contributed by atoms with E-state index in [4.69, 9.17) is 10.7 Å². The average Bonchev–Trinajstić information content (AvgIpc) is 3.62. The number of nitrogens with zero attached hydrogens (tertiary/aromatic N) is 6. The predicted molar refractivity (Wildman–Crippen MR) is 130 cm³/mol. The van der Waals surface area contributed by atoms with E-state index in [1.807, 2.05) is 17.0 Å². The van der Waals surface area contributed by atoms with Gasteiger partial charge in [0, 0.05) is 53.3 Å². The molecule has 0 saturated carbocycles. The Balaban J connectivity index is 1.39. The molecule has 1 amide bonds. The maximum atomic E-state index is 12.3. The van der Waals surface area contributed by atoms with Crippen LogP contribution in [0.5, 0.6) is 0 Å². The second-order valence-corrected chi connectivity index (χ2v) is 9.39. The molecular weight excluding hydrogens is 444 g/mol. The number of H-pyrrole nitrogens is 1. The minimum atomic E-state index is -0.430. The molecule has 6 rings (SSSR count). The van der Waals surface area contributed by atoms with Crippen molar-refractivity contribution in [1.82, 2.24) is 34.4 Å². The Morgan fingerprint density at radius 3 is 2.63 bits per heavy atom. The van der Waals surface area contributed by atoms with Gasteiger partial charge < -0.3 is 20.7 Å². The normalized spacial score (nSPS) is 21.7. The van der Waals surface area contributed by atoms with Gasteiger partial charge >= 0.3 is 0 Å². The third kappa shape index (κ3) is 3.47. The highest BCUT2D eigenvalue weighted by Crippen LogP contribution is 2.44. The summed E-state index contributed by atoms with van der Waals surface area (Å²) in [5, 5.41) is 14.0. The first-order valence-electron chi connectivity index (χ1n) is 12.1. The molecule has 4 aromatic rings. The van der Waals surface area contributed by atoms with Gasteiger partial charge in [-0.15, -0.1) is 0 Å². The fraction of sp³-hybridized carbons (Fsp3) is 0.400. The molecule has 0 spiro atoms.